The maximum Gasteiger partial charge on any atom is 0.304 e. The van der Waals surface area contributed by atoms with Gasteiger partial charge in [0.25, 0.3) is 0 Å². The summed E-state index contributed by atoms with van der Waals surface area (Å²) in [5.74, 6) is -0.733. The van der Waals surface area contributed by atoms with E-state index < -0.39 is 5.97 Å². The minimum Gasteiger partial charge on any atom is -0.481 e. The highest BCUT2D eigenvalue weighted by Gasteiger charge is 2.20. The number of rotatable bonds is 4. The highest BCUT2D eigenvalue weighted by molar-refractivity contribution is 7.15. The smallest absolute Gasteiger partial charge is 0.304 e. The van der Waals surface area contributed by atoms with Gasteiger partial charge in [-0.25, -0.2) is 0 Å². The normalized spacial score (nSPS) is 14.9. The molecule has 5 heteroatoms. The van der Waals surface area contributed by atoms with Crippen LogP contribution in [0.4, 0.5) is 0 Å². The fourth-order valence-corrected chi connectivity index (χ4v) is 4.13. The molecular formula is C16H16ClNO2S. The van der Waals surface area contributed by atoms with E-state index in [0.717, 1.165) is 30.1 Å². The Hall–Kier alpha value is -1.36. The molecule has 110 valence electrons. The van der Waals surface area contributed by atoms with E-state index in [9.17, 15) is 4.79 Å². The van der Waals surface area contributed by atoms with Crippen molar-refractivity contribution >= 4 is 28.9 Å². The lowest BCUT2D eigenvalue weighted by molar-refractivity contribution is -0.137. The van der Waals surface area contributed by atoms with Gasteiger partial charge in [0.2, 0.25) is 0 Å². The Balaban J connectivity index is 1.79. The third-order valence-electron chi connectivity index (χ3n) is 3.73. The van der Waals surface area contributed by atoms with Crippen LogP contribution in [0.1, 0.15) is 16.9 Å². The lowest BCUT2D eigenvalue weighted by atomic mass is 10.1. The maximum atomic E-state index is 10.7. The summed E-state index contributed by atoms with van der Waals surface area (Å²) in [5.41, 5.74) is 2.39. The average Bonchev–Trinajstić information content (AvgIpc) is 2.88. The van der Waals surface area contributed by atoms with Crippen molar-refractivity contribution in [3.8, 4) is 10.4 Å². The summed E-state index contributed by atoms with van der Waals surface area (Å²) in [7, 11) is 0. The molecule has 21 heavy (non-hydrogen) atoms. The molecule has 3 rings (SSSR count). The fourth-order valence-electron chi connectivity index (χ4n) is 2.63. The molecule has 0 unspecified atom stereocenters. The van der Waals surface area contributed by atoms with Crippen LogP contribution in [-0.4, -0.2) is 29.1 Å². The fraction of sp³-hybridized carbons (Fsp3) is 0.312. The van der Waals surface area contributed by atoms with Crippen LogP contribution in [-0.2, 0) is 17.8 Å². The number of carboxylic acids is 1. The van der Waals surface area contributed by atoms with Crippen LogP contribution in [0, 0.1) is 0 Å². The van der Waals surface area contributed by atoms with Crippen LogP contribution in [0.3, 0.4) is 0 Å². The van der Waals surface area contributed by atoms with Crippen molar-refractivity contribution < 1.29 is 9.90 Å². The van der Waals surface area contributed by atoms with Crippen LogP contribution in [0.5, 0.6) is 0 Å². The standard InChI is InChI=1S/C16H16ClNO2S/c17-13-4-2-1-3-12(13)15-9-11-10-18(8-6-16(19)20)7-5-14(11)21-15/h1-4,9H,5-8,10H2,(H,19,20). The van der Waals surface area contributed by atoms with Gasteiger partial charge in [-0.1, -0.05) is 29.8 Å². The second-order valence-electron chi connectivity index (χ2n) is 5.21. The predicted molar refractivity (Wildman–Crippen MR) is 86.0 cm³/mol. The third-order valence-corrected chi connectivity index (χ3v) is 5.33. The molecule has 2 aromatic rings. The van der Waals surface area contributed by atoms with E-state index in [-0.39, 0.29) is 6.42 Å². The Bertz CT molecular complexity index is 668. The monoisotopic (exact) mass is 321 g/mol. The minimum atomic E-state index is -0.733. The molecular weight excluding hydrogens is 306 g/mol. The molecule has 1 aromatic carbocycles. The predicted octanol–water partition coefficient (Wildman–Crippen LogP) is 3.90. The zero-order valence-electron chi connectivity index (χ0n) is 11.5. The number of benzene rings is 1. The molecule has 0 aliphatic carbocycles. The van der Waals surface area contributed by atoms with Crippen molar-refractivity contribution in [2.75, 3.05) is 13.1 Å². The van der Waals surface area contributed by atoms with E-state index >= 15 is 0 Å². The van der Waals surface area contributed by atoms with Gasteiger partial charge in [0, 0.05) is 40.0 Å². The van der Waals surface area contributed by atoms with Crippen LogP contribution < -0.4 is 0 Å². The van der Waals surface area contributed by atoms with Crippen molar-refractivity contribution in [3.63, 3.8) is 0 Å². The summed E-state index contributed by atoms with van der Waals surface area (Å²) in [6, 6.07) is 10.1. The van der Waals surface area contributed by atoms with Crippen molar-refractivity contribution in [3.05, 3.63) is 45.8 Å². The number of thiophene rings is 1. The molecule has 2 heterocycles. The number of aliphatic carboxylic acids is 1. The summed E-state index contributed by atoms with van der Waals surface area (Å²) >= 11 is 8.07. The third kappa shape index (κ3) is 3.28. The van der Waals surface area contributed by atoms with Gasteiger partial charge in [-0.2, -0.15) is 0 Å². The highest BCUT2D eigenvalue weighted by Crippen LogP contribution is 2.37. The summed E-state index contributed by atoms with van der Waals surface area (Å²) in [6.07, 6.45) is 1.20. The second-order valence-corrected chi connectivity index (χ2v) is 6.75. The van der Waals surface area contributed by atoms with Crippen LogP contribution in [0.15, 0.2) is 30.3 Å². The van der Waals surface area contributed by atoms with Crippen LogP contribution >= 0.6 is 22.9 Å². The van der Waals surface area contributed by atoms with Crippen molar-refractivity contribution in [1.82, 2.24) is 4.90 Å². The van der Waals surface area contributed by atoms with Gasteiger partial charge >= 0.3 is 5.97 Å². The Labute approximate surface area is 132 Å². The van der Waals surface area contributed by atoms with E-state index in [1.54, 1.807) is 11.3 Å². The second kappa shape index (κ2) is 6.18. The van der Waals surface area contributed by atoms with Crippen molar-refractivity contribution in [1.29, 1.82) is 0 Å². The zero-order valence-corrected chi connectivity index (χ0v) is 13.1. The molecule has 0 saturated heterocycles. The van der Waals surface area contributed by atoms with Crippen molar-refractivity contribution in [2.24, 2.45) is 0 Å². The average molecular weight is 322 g/mol. The van der Waals surface area contributed by atoms with E-state index in [1.165, 1.54) is 15.3 Å². The molecule has 0 spiro atoms. The lowest BCUT2D eigenvalue weighted by Crippen LogP contribution is -2.31. The largest absolute Gasteiger partial charge is 0.481 e. The van der Waals surface area contributed by atoms with Gasteiger partial charge in [-0.3, -0.25) is 9.69 Å². The van der Waals surface area contributed by atoms with E-state index in [2.05, 4.69) is 11.0 Å². The first-order valence-electron chi connectivity index (χ1n) is 6.94. The van der Waals surface area contributed by atoms with Crippen LogP contribution in [0.2, 0.25) is 5.02 Å². The first-order valence-corrected chi connectivity index (χ1v) is 8.13. The van der Waals surface area contributed by atoms with Gasteiger partial charge in [0.1, 0.15) is 0 Å². The summed E-state index contributed by atoms with van der Waals surface area (Å²) in [5, 5.41) is 9.56. The van der Waals surface area contributed by atoms with Gasteiger partial charge < -0.3 is 5.11 Å². The van der Waals surface area contributed by atoms with Gasteiger partial charge in [0.15, 0.2) is 0 Å². The number of carbonyl (C=O) groups is 1. The number of halogens is 1. The van der Waals surface area contributed by atoms with E-state index in [1.807, 2.05) is 24.3 Å². The maximum absolute atomic E-state index is 10.7. The molecule has 1 aliphatic rings. The molecule has 0 fully saturated rings. The summed E-state index contributed by atoms with van der Waals surface area (Å²) in [6.45, 7) is 2.39. The molecule has 1 aliphatic heterocycles. The number of hydrogen-bond acceptors (Lipinski definition) is 3. The first kappa shape index (κ1) is 14.6. The first-order chi connectivity index (χ1) is 10.1. The molecule has 0 atom stereocenters. The Morgan fingerprint density at radius 1 is 1.38 bits per heavy atom. The molecule has 0 amide bonds. The molecule has 0 bridgehead atoms. The topological polar surface area (TPSA) is 40.5 Å². The Morgan fingerprint density at radius 3 is 2.95 bits per heavy atom. The van der Waals surface area contributed by atoms with Crippen LogP contribution in [0.25, 0.3) is 10.4 Å². The Kier molecular flexibility index (Phi) is 4.29. The Morgan fingerprint density at radius 2 is 2.19 bits per heavy atom. The highest BCUT2D eigenvalue weighted by atomic mass is 35.5. The molecule has 0 saturated carbocycles. The van der Waals surface area contributed by atoms with Gasteiger partial charge in [-0.15, -0.1) is 11.3 Å². The molecule has 1 aromatic heterocycles. The van der Waals surface area contributed by atoms with Crippen molar-refractivity contribution in [2.45, 2.75) is 19.4 Å². The van der Waals surface area contributed by atoms with Gasteiger partial charge in [-0.05, 0) is 24.1 Å². The molecule has 1 N–H and O–H groups in total. The molecule has 3 nitrogen and oxygen atoms in total. The number of carboxylic acid groups (broad SMARTS) is 1. The van der Waals surface area contributed by atoms with Gasteiger partial charge in [0.05, 0.1) is 6.42 Å². The lowest BCUT2D eigenvalue weighted by Gasteiger charge is -2.25. The minimum absolute atomic E-state index is 0.205. The SMILES string of the molecule is O=C(O)CCN1CCc2sc(-c3ccccc3Cl)cc2C1. The number of fused-ring (bicyclic) bond motifs is 1. The summed E-state index contributed by atoms with van der Waals surface area (Å²) < 4.78 is 0. The van der Waals surface area contributed by atoms with E-state index in [4.69, 9.17) is 16.7 Å². The number of nitrogens with zero attached hydrogens (tertiary/aromatic N) is 1. The zero-order chi connectivity index (χ0) is 14.8. The number of hydrogen-bond donors (Lipinski definition) is 1. The molecule has 0 radical (unpaired) electrons. The summed E-state index contributed by atoms with van der Waals surface area (Å²) in [4.78, 5) is 15.5. The quantitative estimate of drug-likeness (QED) is 0.928. The van der Waals surface area contributed by atoms with E-state index in [0.29, 0.717) is 6.54 Å².